The van der Waals surface area contributed by atoms with Gasteiger partial charge in [0.1, 0.15) is 0 Å². The molecule has 2 rings (SSSR count). The summed E-state index contributed by atoms with van der Waals surface area (Å²) >= 11 is 0. The first kappa shape index (κ1) is 15.0. The zero-order valence-electron chi connectivity index (χ0n) is 12.3. The Balaban J connectivity index is 1.76. The molecule has 3 nitrogen and oxygen atoms in total. The van der Waals surface area contributed by atoms with Gasteiger partial charge < -0.3 is 10.1 Å². The maximum absolute atomic E-state index is 12.0. The van der Waals surface area contributed by atoms with Crippen molar-refractivity contribution in [2.45, 2.75) is 38.0 Å². The first-order chi connectivity index (χ1) is 9.81. The maximum atomic E-state index is 12.0. The molecule has 3 heteroatoms. The lowest BCUT2D eigenvalue weighted by Gasteiger charge is -2.16. The second kappa shape index (κ2) is 8.05. The van der Waals surface area contributed by atoms with Gasteiger partial charge in [0.25, 0.3) is 0 Å². The molecule has 0 bridgehead atoms. The SMILES string of the molecule is COCCCCNC(=O)CC(c1ccccc1)C1CC1. The molecule has 1 atom stereocenters. The highest BCUT2D eigenvalue weighted by Crippen LogP contribution is 2.44. The van der Waals surface area contributed by atoms with Gasteiger partial charge in [-0.1, -0.05) is 30.3 Å². The summed E-state index contributed by atoms with van der Waals surface area (Å²) in [6, 6.07) is 10.5. The molecule has 1 N–H and O–H groups in total. The predicted octanol–water partition coefficient (Wildman–Crippen LogP) is 3.11. The smallest absolute Gasteiger partial charge is 0.220 e. The van der Waals surface area contributed by atoms with Crippen molar-refractivity contribution in [1.82, 2.24) is 5.32 Å². The molecule has 20 heavy (non-hydrogen) atoms. The highest BCUT2D eigenvalue weighted by Gasteiger charge is 2.33. The Morgan fingerprint density at radius 1 is 1.30 bits per heavy atom. The number of hydrogen-bond donors (Lipinski definition) is 1. The van der Waals surface area contributed by atoms with E-state index in [0.717, 1.165) is 26.0 Å². The topological polar surface area (TPSA) is 38.3 Å². The number of benzene rings is 1. The van der Waals surface area contributed by atoms with E-state index in [1.165, 1.54) is 18.4 Å². The summed E-state index contributed by atoms with van der Waals surface area (Å²) in [5.74, 6) is 1.29. The van der Waals surface area contributed by atoms with Crippen LogP contribution in [-0.4, -0.2) is 26.2 Å². The molecule has 1 aromatic rings. The zero-order chi connectivity index (χ0) is 14.2. The summed E-state index contributed by atoms with van der Waals surface area (Å²) in [4.78, 5) is 12.0. The van der Waals surface area contributed by atoms with Crippen molar-refractivity contribution in [2.24, 2.45) is 5.92 Å². The summed E-state index contributed by atoms with van der Waals surface area (Å²) in [6.07, 6.45) is 5.14. The van der Waals surface area contributed by atoms with Gasteiger partial charge in [0.15, 0.2) is 0 Å². The molecule has 1 saturated carbocycles. The van der Waals surface area contributed by atoms with Gasteiger partial charge in [0, 0.05) is 26.7 Å². The van der Waals surface area contributed by atoms with Gasteiger partial charge in [0.05, 0.1) is 0 Å². The van der Waals surface area contributed by atoms with Crippen molar-refractivity contribution in [3.8, 4) is 0 Å². The van der Waals surface area contributed by atoms with Crippen LogP contribution in [0.2, 0.25) is 0 Å². The van der Waals surface area contributed by atoms with Crippen molar-refractivity contribution in [3.63, 3.8) is 0 Å². The number of unbranched alkanes of at least 4 members (excludes halogenated alkanes) is 1. The first-order valence-corrected chi connectivity index (χ1v) is 7.62. The average Bonchev–Trinajstić information content (AvgIpc) is 3.30. The molecule has 1 amide bonds. The predicted molar refractivity (Wildman–Crippen MR) is 80.6 cm³/mol. The number of hydrogen-bond acceptors (Lipinski definition) is 2. The number of nitrogens with one attached hydrogen (secondary N) is 1. The van der Waals surface area contributed by atoms with Crippen molar-refractivity contribution in [3.05, 3.63) is 35.9 Å². The molecule has 0 saturated heterocycles. The minimum Gasteiger partial charge on any atom is -0.385 e. The van der Waals surface area contributed by atoms with E-state index in [1.807, 2.05) is 6.07 Å². The van der Waals surface area contributed by atoms with Gasteiger partial charge >= 0.3 is 0 Å². The maximum Gasteiger partial charge on any atom is 0.220 e. The van der Waals surface area contributed by atoms with E-state index >= 15 is 0 Å². The monoisotopic (exact) mass is 275 g/mol. The van der Waals surface area contributed by atoms with Crippen LogP contribution in [0.5, 0.6) is 0 Å². The summed E-state index contributed by atoms with van der Waals surface area (Å²) < 4.78 is 5.00. The van der Waals surface area contributed by atoms with Crippen LogP contribution in [0.1, 0.15) is 43.6 Å². The van der Waals surface area contributed by atoms with E-state index < -0.39 is 0 Å². The summed E-state index contributed by atoms with van der Waals surface area (Å²) in [5, 5.41) is 3.03. The molecule has 1 aromatic carbocycles. The van der Waals surface area contributed by atoms with Crippen LogP contribution in [0.25, 0.3) is 0 Å². The minimum atomic E-state index is 0.183. The molecule has 1 fully saturated rings. The van der Waals surface area contributed by atoms with Gasteiger partial charge in [-0.3, -0.25) is 4.79 Å². The van der Waals surface area contributed by atoms with Gasteiger partial charge in [-0.05, 0) is 43.1 Å². The molecule has 1 aliphatic rings. The molecule has 0 radical (unpaired) electrons. The van der Waals surface area contributed by atoms with Crippen LogP contribution in [0.4, 0.5) is 0 Å². The lowest BCUT2D eigenvalue weighted by atomic mass is 9.91. The molecule has 0 aromatic heterocycles. The third-order valence-electron chi connectivity index (χ3n) is 3.92. The van der Waals surface area contributed by atoms with Gasteiger partial charge in [-0.15, -0.1) is 0 Å². The Morgan fingerprint density at radius 2 is 2.05 bits per heavy atom. The number of methoxy groups -OCH3 is 1. The Kier molecular flexibility index (Phi) is 6.06. The van der Waals surface area contributed by atoms with Crippen LogP contribution in [-0.2, 0) is 9.53 Å². The highest BCUT2D eigenvalue weighted by atomic mass is 16.5. The Bertz CT molecular complexity index is 401. The fourth-order valence-electron chi connectivity index (χ4n) is 2.63. The van der Waals surface area contributed by atoms with Gasteiger partial charge in [-0.25, -0.2) is 0 Å². The third-order valence-corrected chi connectivity index (χ3v) is 3.92. The standard InChI is InChI=1S/C17H25NO2/c1-20-12-6-5-11-18-17(19)13-16(15-9-10-15)14-7-3-2-4-8-14/h2-4,7-8,15-16H,5-6,9-13H2,1H3,(H,18,19). The van der Waals surface area contributed by atoms with Crippen LogP contribution < -0.4 is 5.32 Å². The number of amides is 1. The number of carbonyl (C=O) groups excluding carboxylic acids is 1. The third kappa shape index (κ3) is 4.97. The van der Waals surface area contributed by atoms with Crippen molar-refractivity contribution in [1.29, 1.82) is 0 Å². The summed E-state index contributed by atoms with van der Waals surface area (Å²) in [7, 11) is 1.71. The molecular weight excluding hydrogens is 250 g/mol. The molecule has 110 valence electrons. The molecule has 1 aliphatic carbocycles. The van der Waals surface area contributed by atoms with Crippen molar-refractivity contribution < 1.29 is 9.53 Å². The molecule has 0 spiro atoms. The minimum absolute atomic E-state index is 0.183. The van der Waals surface area contributed by atoms with E-state index in [1.54, 1.807) is 7.11 Å². The number of carbonyl (C=O) groups is 1. The van der Waals surface area contributed by atoms with E-state index in [2.05, 4.69) is 29.6 Å². The van der Waals surface area contributed by atoms with Crippen LogP contribution in [0.15, 0.2) is 30.3 Å². The fourth-order valence-corrected chi connectivity index (χ4v) is 2.63. The summed E-state index contributed by atoms with van der Waals surface area (Å²) in [5.41, 5.74) is 1.31. The fraction of sp³-hybridized carbons (Fsp3) is 0.588. The Labute approximate surface area is 121 Å². The highest BCUT2D eigenvalue weighted by molar-refractivity contribution is 5.77. The van der Waals surface area contributed by atoms with E-state index in [0.29, 0.717) is 18.3 Å². The van der Waals surface area contributed by atoms with Gasteiger partial charge in [-0.2, -0.15) is 0 Å². The molecular formula is C17H25NO2. The zero-order valence-corrected chi connectivity index (χ0v) is 12.3. The van der Waals surface area contributed by atoms with E-state index in [9.17, 15) is 4.79 Å². The van der Waals surface area contributed by atoms with Crippen LogP contribution in [0, 0.1) is 5.92 Å². The second-order valence-electron chi connectivity index (χ2n) is 5.61. The largest absolute Gasteiger partial charge is 0.385 e. The second-order valence-corrected chi connectivity index (χ2v) is 5.61. The molecule has 1 unspecified atom stereocenters. The lowest BCUT2D eigenvalue weighted by Crippen LogP contribution is -2.26. The quantitative estimate of drug-likeness (QED) is 0.703. The Hall–Kier alpha value is -1.35. The van der Waals surface area contributed by atoms with Crippen molar-refractivity contribution >= 4 is 5.91 Å². The van der Waals surface area contributed by atoms with E-state index in [-0.39, 0.29) is 5.91 Å². The number of ether oxygens (including phenoxy) is 1. The molecule has 0 aliphatic heterocycles. The van der Waals surface area contributed by atoms with E-state index in [4.69, 9.17) is 4.74 Å². The van der Waals surface area contributed by atoms with Gasteiger partial charge in [0.2, 0.25) is 5.91 Å². The van der Waals surface area contributed by atoms with Crippen LogP contribution in [0.3, 0.4) is 0 Å². The first-order valence-electron chi connectivity index (χ1n) is 7.62. The molecule has 0 heterocycles. The summed E-state index contributed by atoms with van der Waals surface area (Å²) in [6.45, 7) is 1.53. The van der Waals surface area contributed by atoms with Crippen molar-refractivity contribution in [2.75, 3.05) is 20.3 Å². The average molecular weight is 275 g/mol. The van der Waals surface area contributed by atoms with Crippen LogP contribution >= 0.6 is 0 Å². The Morgan fingerprint density at radius 3 is 2.70 bits per heavy atom. The lowest BCUT2D eigenvalue weighted by molar-refractivity contribution is -0.121. The number of rotatable bonds is 9. The normalized spacial score (nSPS) is 15.8.